The maximum Gasteiger partial charge on any atom is 0.0935 e. The molecule has 0 aliphatic heterocycles. The van der Waals surface area contributed by atoms with Gasteiger partial charge in [0.1, 0.15) is 0 Å². The first-order chi connectivity index (χ1) is 7.72. The van der Waals surface area contributed by atoms with E-state index in [1.54, 1.807) is 6.26 Å². The Balaban J connectivity index is 1.86. The molecule has 16 heavy (non-hydrogen) atoms. The van der Waals surface area contributed by atoms with Gasteiger partial charge in [0.25, 0.3) is 0 Å². The molecule has 2 rings (SSSR count). The highest BCUT2D eigenvalue weighted by Gasteiger charge is 2.31. The molecular formula is C14H23NO. The lowest BCUT2D eigenvalue weighted by Crippen LogP contribution is -2.45. The molecule has 1 aliphatic carbocycles. The van der Waals surface area contributed by atoms with Crippen LogP contribution in [0.5, 0.6) is 0 Å². The number of rotatable bonds is 4. The zero-order chi connectivity index (χ0) is 11.4. The van der Waals surface area contributed by atoms with Crippen molar-refractivity contribution in [2.45, 2.75) is 57.4 Å². The zero-order valence-electron chi connectivity index (χ0n) is 10.2. The van der Waals surface area contributed by atoms with Crippen LogP contribution < -0.4 is 5.73 Å². The van der Waals surface area contributed by atoms with Gasteiger partial charge in [-0.3, -0.25) is 0 Å². The third-order valence-corrected chi connectivity index (χ3v) is 3.93. The van der Waals surface area contributed by atoms with Crippen molar-refractivity contribution in [2.24, 2.45) is 11.7 Å². The van der Waals surface area contributed by atoms with Gasteiger partial charge in [-0.1, -0.05) is 19.8 Å². The van der Waals surface area contributed by atoms with Crippen LogP contribution in [-0.4, -0.2) is 5.54 Å². The molecule has 1 saturated carbocycles. The van der Waals surface area contributed by atoms with E-state index in [9.17, 15) is 0 Å². The van der Waals surface area contributed by atoms with E-state index in [2.05, 4.69) is 6.92 Å². The Hall–Kier alpha value is -0.760. The molecule has 0 radical (unpaired) electrons. The summed E-state index contributed by atoms with van der Waals surface area (Å²) < 4.78 is 5.11. The Bertz CT molecular complexity index is 297. The number of nitrogens with two attached hydrogens (primary N) is 1. The minimum Gasteiger partial charge on any atom is -0.472 e. The summed E-state index contributed by atoms with van der Waals surface area (Å²) in [7, 11) is 0. The molecule has 1 aliphatic rings. The van der Waals surface area contributed by atoms with Crippen LogP contribution in [-0.2, 0) is 6.42 Å². The van der Waals surface area contributed by atoms with Gasteiger partial charge in [0, 0.05) is 5.54 Å². The van der Waals surface area contributed by atoms with Gasteiger partial charge in [-0.2, -0.15) is 0 Å². The Morgan fingerprint density at radius 2 is 2.19 bits per heavy atom. The van der Waals surface area contributed by atoms with Crippen LogP contribution in [0.15, 0.2) is 23.0 Å². The second-order valence-corrected chi connectivity index (χ2v) is 5.40. The van der Waals surface area contributed by atoms with E-state index in [0.29, 0.717) is 0 Å². The van der Waals surface area contributed by atoms with Gasteiger partial charge in [-0.05, 0) is 49.7 Å². The van der Waals surface area contributed by atoms with Crippen LogP contribution >= 0.6 is 0 Å². The number of hydrogen-bond donors (Lipinski definition) is 1. The third kappa shape index (κ3) is 2.88. The van der Waals surface area contributed by atoms with Crippen LogP contribution in [0.1, 0.15) is 51.0 Å². The lowest BCUT2D eigenvalue weighted by Gasteiger charge is -2.37. The predicted octanol–water partition coefficient (Wildman–Crippen LogP) is 3.51. The molecule has 2 heteroatoms. The largest absolute Gasteiger partial charge is 0.472 e. The SMILES string of the molecule is CCCC1CCC(N)(Cc2ccoc2)CC1. The fraction of sp³-hybridized carbons (Fsp3) is 0.714. The smallest absolute Gasteiger partial charge is 0.0935 e. The molecule has 1 aromatic heterocycles. The van der Waals surface area contributed by atoms with E-state index >= 15 is 0 Å². The molecule has 0 bridgehead atoms. The van der Waals surface area contributed by atoms with Gasteiger partial charge in [-0.25, -0.2) is 0 Å². The van der Waals surface area contributed by atoms with Crippen molar-refractivity contribution in [2.75, 3.05) is 0 Å². The van der Waals surface area contributed by atoms with Gasteiger partial charge >= 0.3 is 0 Å². The minimum absolute atomic E-state index is 0.0219. The fourth-order valence-corrected chi connectivity index (χ4v) is 2.93. The number of furan rings is 1. The molecular weight excluding hydrogens is 198 g/mol. The van der Waals surface area contributed by atoms with Crippen LogP contribution in [0.4, 0.5) is 0 Å². The highest BCUT2D eigenvalue weighted by atomic mass is 16.3. The monoisotopic (exact) mass is 221 g/mol. The molecule has 1 fully saturated rings. The van der Waals surface area contributed by atoms with Crippen LogP contribution in [0.25, 0.3) is 0 Å². The molecule has 0 aromatic carbocycles. The van der Waals surface area contributed by atoms with E-state index in [-0.39, 0.29) is 5.54 Å². The quantitative estimate of drug-likeness (QED) is 0.845. The maximum atomic E-state index is 6.47. The molecule has 0 atom stereocenters. The average Bonchev–Trinajstić information content (AvgIpc) is 2.74. The van der Waals surface area contributed by atoms with Gasteiger partial charge < -0.3 is 10.2 Å². The average molecular weight is 221 g/mol. The molecule has 2 nitrogen and oxygen atoms in total. The third-order valence-electron chi connectivity index (χ3n) is 3.93. The minimum atomic E-state index is 0.0219. The highest BCUT2D eigenvalue weighted by molar-refractivity contribution is 5.11. The Labute approximate surface area is 98.2 Å². The second kappa shape index (κ2) is 5.05. The van der Waals surface area contributed by atoms with Crippen LogP contribution in [0, 0.1) is 5.92 Å². The van der Waals surface area contributed by atoms with E-state index in [0.717, 1.165) is 12.3 Å². The van der Waals surface area contributed by atoms with Crippen molar-refractivity contribution in [3.05, 3.63) is 24.2 Å². The Morgan fingerprint density at radius 1 is 1.44 bits per heavy atom. The summed E-state index contributed by atoms with van der Waals surface area (Å²) in [6.45, 7) is 2.27. The first kappa shape index (κ1) is 11.7. The lowest BCUT2D eigenvalue weighted by atomic mass is 9.73. The van der Waals surface area contributed by atoms with Gasteiger partial charge in [-0.15, -0.1) is 0 Å². The van der Waals surface area contributed by atoms with Crippen molar-refractivity contribution < 1.29 is 4.42 Å². The Morgan fingerprint density at radius 3 is 2.75 bits per heavy atom. The van der Waals surface area contributed by atoms with E-state index < -0.39 is 0 Å². The van der Waals surface area contributed by atoms with Crippen LogP contribution in [0.2, 0.25) is 0 Å². The molecule has 0 spiro atoms. The summed E-state index contributed by atoms with van der Waals surface area (Å²) in [5, 5.41) is 0. The van der Waals surface area contributed by atoms with Crippen molar-refractivity contribution in [3.63, 3.8) is 0 Å². The standard InChI is InChI=1S/C14H23NO/c1-2-3-12-4-7-14(15,8-5-12)10-13-6-9-16-11-13/h6,9,11-12H,2-5,7-8,10,15H2,1H3. The van der Waals surface area contributed by atoms with Crippen LogP contribution in [0.3, 0.4) is 0 Å². The summed E-state index contributed by atoms with van der Waals surface area (Å²) in [6.07, 6.45) is 12.2. The topological polar surface area (TPSA) is 39.2 Å². The molecule has 0 amide bonds. The van der Waals surface area contributed by atoms with Crippen molar-refractivity contribution in [1.29, 1.82) is 0 Å². The zero-order valence-corrected chi connectivity index (χ0v) is 10.2. The fourth-order valence-electron chi connectivity index (χ4n) is 2.93. The summed E-state index contributed by atoms with van der Waals surface area (Å²) in [5.74, 6) is 0.922. The van der Waals surface area contributed by atoms with Gasteiger partial charge in [0.05, 0.1) is 12.5 Å². The predicted molar refractivity (Wildman–Crippen MR) is 66.2 cm³/mol. The molecule has 1 heterocycles. The summed E-state index contributed by atoms with van der Waals surface area (Å²) in [4.78, 5) is 0. The summed E-state index contributed by atoms with van der Waals surface area (Å²) in [5.41, 5.74) is 7.74. The van der Waals surface area contributed by atoms with Crippen molar-refractivity contribution in [1.82, 2.24) is 0 Å². The first-order valence-electron chi connectivity index (χ1n) is 6.52. The molecule has 90 valence electrons. The Kier molecular flexibility index (Phi) is 3.70. The van der Waals surface area contributed by atoms with Crippen molar-refractivity contribution in [3.8, 4) is 0 Å². The molecule has 0 saturated heterocycles. The summed E-state index contributed by atoms with van der Waals surface area (Å²) in [6, 6.07) is 2.03. The molecule has 1 aromatic rings. The summed E-state index contributed by atoms with van der Waals surface area (Å²) >= 11 is 0. The van der Waals surface area contributed by atoms with Crippen molar-refractivity contribution >= 4 is 0 Å². The first-order valence-corrected chi connectivity index (χ1v) is 6.52. The maximum absolute atomic E-state index is 6.47. The van der Waals surface area contributed by atoms with Gasteiger partial charge in [0.15, 0.2) is 0 Å². The lowest BCUT2D eigenvalue weighted by molar-refractivity contribution is 0.223. The van der Waals surface area contributed by atoms with E-state index in [4.69, 9.17) is 10.2 Å². The molecule has 0 unspecified atom stereocenters. The van der Waals surface area contributed by atoms with E-state index in [1.807, 2.05) is 12.3 Å². The second-order valence-electron chi connectivity index (χ2n) is 5.40. The van der Waals surface area contributed by atoms with E-state index in [1.165, 1.54) is 44.1 Å². The van der Waals surface area contributed by atoms with Gasteiger partial charge in [0.2, 0.25) is 0 Å². The molecule has 2 N–H and O–H groups in total. The number of hydrogen-bond acceptors (Lipinski definition) is 2. The highest BCUT2D eigenvalue weighted by Crippen LogP contribution is 2.34. The normalized spacial score (nSPS) is 30.5.